The van der Waals surface area contributed by atoms with Gasteiger partial charge in [-0.3, -0.25) is 4.79 Å². The Morgan fingerprint density at radius 2 is 1.67 bits per heavy atom. The van der Waals surface area contributed by atoms with Crippen molar-refractivity contribution in [1.82, 2.24) is 4.90 Å². The van der Waals surface area contributed by atoms with E-state index in [0.29, 0.717) is 38.1 Å². The van der Waals surface area contributed by atoms with E-state index in [4.69, 9.17) is 4.74 Å². The van der Waals surface area contributed by atoms with Gasteiger partial charge in [-0.05, 0) is 36.5 Å². The highest BCUT2D eigenvalue weighted by Gasteiger charge is 2.23. The van der Waals surface area contributed by atoms with Gasteiger partial charge in [0, 0.05) is 19.5 Å². The standard InChI is InChI=1S/C22H25NO4/c24-21(11-10-18-8-4-5-9-20(18)22(25)26)23-14-12-19(13-15-23)27-16-17-6-2-1-3-7-17/h1-9,19H,10-16H2,(H,25,26). The molecule has 5 heteroatoms. The summed E-state index contributed by atoms with van der Waals surface area (Å²) in [7, 11) is 0. The van der Waals surface area contributed by atoms with E-state index in [0.717, 1.165) is 18.4 Å². The fourth-order valence-corrected chi connectivity index (χ4v) is 3.41. The number of carboxylic acids is 1. The van der Waals surface area contributed by atoms with Crippen molar-refractivity contribution in [2.45, 2.75) is 38.4 Å². The summed E-state index contributed by atoms with van der Waals surface area (Å²) in [5.41, 5.74) is 2.14. The van der Waals surface area contributed by atoms with Crippen LogP contribution in [-0.2, 0) is 22.6 Å². The normalized spacial score (nSPS) is 14.9. The number of rotatable bonds is 7. The van der Waals surface area contributed by atoms with Crippen molar-refractivity contribution >= 4 is 11.9 Å². The number of carbonyl (C=O) groups is 2. The van der Waals surface area contributed by atoms with Crippen LogP contribution in [-0.4, -0.2) is 41.1 Å². The van der Waals surface area contributed by atoms with Crippen molar-refractivity contribution in [3.63, 3.8) is 0 Å². The molecule has 27 heavy (non-hydrogen) atoms. The van der Waals surface area contributed by atoms with Crippen LogP contribution in [0.3, 0.4) is 0 Å². The predicted molar refractivity (Wildman–Crippen MR) is 103 cm³/mol. The van der Waals surface area contributed by atoms with Crippen LogP contribution in [0.15, 0.2) is 54.6 Å². The molecular formula is C22H25NO4. The third-order valence-corrected chi connectivity index (χ3v) is 4.98. The number of carbonyl (C=O) groups excluding carboxylic acids is 1. The molecule has 1 heterocycles. The van der Waals surface area contributed by atoms with Crippen LogP contribution in [0.4, 0.5) is 0 Å². The summed E-state index contributed by atoms with van der Waals surface area (Å²) < 4.78 is 5.97. The molecule has 1 saturated heterocycles. The number of likely N-dealkylation sites (tertiary alicyclic amines) is 1. The summed E-state index contributed by atoms with van der Waals surface area (Å²) in [5, 5.41) is 9.23. The second-order valence-electron chi connectivity index (χ2n) is 6.84. The van der Waals surface area contributed by atoms with Crippen LogP contribution >= 0.6 is 0 Å². The highest BCUT2D eigenvalue weighted by Crippen LogP contribution is 2.18. The molecule has 0 saturated carbocycles. The van der Waals surface area contributed by atoms with Gasteiger partial charge in [-0.25, -0.2) is 4.79 Å². The lowest BCUT2D eigenvalue weighted by Crippen LogP contribution is -2.41. The minimum Gasteiger partial charge on any atom is -0.478 e. The Morgan fingerprint density at radius 3 is 2.37 bits per heavy atom. The molecule has 1 amide bonds. The average Bonchev–Trinajstić information content (AvgIpc) is 2.71. The summed E-state index contributed by atoms with van der Waals surface area (Å²) in [6, 6.07) is 17.0. The SMILES string of the molecule is O=C(O)c1ccccc1CCC(=O)N1CCC(OCc2ccccc2)CC1. The molecule has 0 aromatic heterocycles. The van der Waals surface area contributed by atoms with E-state index in [1.165, 1.54) is 0 Å². The van der Waals surface area contributed by atoms with Crippen LogP contribution in [0.25, 0.3) is 0 Å². The molecule has 1 N–H and O–H groups in total. The smallest absolute Gasteiger partial charge is 0.335 e. The first-order valence-corrected chi connectivity index (χ1v) is 9.38. The quantitative estimate of drug-likeness (QED) is 0.813. The Bertz CT molecular complexity index is 767. The summed E-state index contributed by atoms with van der Waals surface area (Å²) in [6.07, 6.45) is 2.64. The molecule has 0 aliphatic carbocycles. The Labute approximate surface area is 159 Å². The number of hydrogen-bond donors (Lipinski definition) is 1. The molecule has 1 fully saturated rings. The lowest BCUT2D eigenvalue weighted by Gasteiger charge is -2.32. The number of nitrogens with zero attached hydrogens (tertiary/aromatic N) is 1. The van der Waals surface area contributed by atoms with Gasteiger partial charge in [0.2, 0.25) is 5.91 Å². The van der Waals surface area contributed by atoms with Crippen LogP contribution in [0.1, 0.15) is 40.7 Å². The average molecular weight is 367 g/mol. The zero-order valence-corrected chi connectivity index (χ0v) is 15.3. The van der Waals surface area contributed by atoms with Gasteiger partial charge in [0.15, 0.2) is 0 Å². The fraction of sp³-hybridized carbons (Fsp3) is 0.364. The van der Waals surface area contributed by atoms with Gasteiger partial charge in [0.1, 0.15) is 0 Å². The first kappa shape index (κ1) is 19.1. The number of hydrogen-bond acceptors (Lipinski definition) is 3. The fourth-order valence-electron chi connectivity index (χ4n) is 3.41. The highest BCUT2D eigenvalue weighted by atomic mass is 16.5. The molecule has 0 radical (unpaired) electrons. The maximum absolute atomic E-state index is 12.5. The van der Waals surface area contributed by atoms with Crippen molar-refractivity contribution in [3.05, 3.63) is 71.3 Å². The van der Waals surface area contributed by atoms with Crippen molar-refractivity contribution in [3.8, 4) is 0 Å². The first-order valence-electron chi connectivity index (χ1n) is 9.38. The topological polar surface area (TPSA) is 66.8 Å². The van der Waals surface area contributed by atoms with Gasteiger partial charge in [-0.1, -0.05) is 48.5 Å². The van der Waals surface area contributed by atoms with E-state index in [1.807, 2.05) is 41.3 Å². The minimum atomic E-state index is -0.950. The third kappa shape index (κ3) is 5.41. The molecule has 0 unspecified atom stereocenters. The highest BCUT2D eigenvalue weighted by molar-refractivity contribution is 5.89. The minimum absolute atomic E-state index is 0.0803. The Hall–Kier alpha value is -2.66. The Balaban J connectivity index is 1.43. The van der Waals surface area contributed by atoms with Gasteiger partial charge in [-0.15, -0.1) is 0 Å². The number of piperidine rings is 1. The number of carboxylic acid groups (broad SMARTS) is 1. The van der Waals surface area contributed by atoms with Crippen LogP contribution in [0, 0.1) is 0 Å². The summed E-state index contributed by atoms with van der Waals surface area (Å²) in [6.45, 7) is 1.99. The molecule has 2 aromatic rings. The lowest BCUT2D eigenvalue weighted by molar-refractivity contribution is -0.134. The zero-order valence-electron chi connectivity index (χ0n) is 15.3. The van der Waals surface area contributed by atoms with Crippen LogP contribution in [0.5, 0.6) is 0 Å². The molecule has 2 aromatic carbocycles. The maximum atomic E-state index is 12.5. The monoisotopic (exact) mass is 367 g/mol. The molecule has 5 nitrogen and oxygen atoms in total. The van der Waals surface area contributed by atoms with E-state index in [1.54, 1.807) is 18.2 Å². The van der Waals surface area contributed by atoms with Crippen molar-refractivity contribution in [2.24, 2.45) is 0 Å². The molecule has 0 bridgehead atoms. The van der Waals surface area contributed by atoms with E-state index >= 15 is 0 Å². The van der Waals surface area contributed by atoms with E-state index in [9.17, 15) is 14.7 Å². The van der Waals surface area contributed by atoms with Crippen LogP contribution < -0.4 is 0 Å². The van der Waals surface area contributed by atoms with E-state index in [2.05, 4.69) is 0 Å². The second-order valence-corrected chi connectivity index (χ2v) is 6.84. The molecule has 1 aliphatic heterocycles. The van der Waals surface area contributed by atoms with E-state index in [-0.39, 0.29) is 17.6 Å². The first-order chi connectivity index (χ1) is 13.1. The molecular weight excluding hydrogens is 342 g/mol. The van der Waals surface area contributed by atoms with Gasteiger partial charge >= 0.3 is 5.97 Å². The largest absolute Gasteiger partial charge is 0.478 e. The van der Waals surface area contributed by atoms with Crippen molar-refractivity contribution < 1.29 is 19.4 Å². The lowest BCUT2D eigenvalue weighted by atomic mass is 10.0. The Morgan fingerprint density at radius 1 is 1.00 bits per heavy atom. The second kappa shape index (κ2) is 9.33. The van der Waals surface area contributed by atoms with Gasteiger partial charge in [0.05, 0.1) is 18.3 Å². The molecule has 3 rings (SSSR count). The predicted octanol–water partition coefficient (Wildman–Crippen LogP) is 3.53. The third-order valence-electron chi connectivity index (χ3n) is 4.98. The summed E-state index contributed by atoms with van der Waals surface area (Å²) >= 11 is 0. The number of benzene rings is 2. The van der Waals surface area contributed by atoms with Crippen molar-refractivity contribution in [1.29, 1.82) is 0 Å². The zero-order chi connectivity index (χ0) is 19.1. The van der Waals surface area contributed by atoms with Gasteiger partial charge < -0.3 is 14.7 Å². The molecule has 0 spiro atoms. The Kier molecular flexibility index (Phi) is 6.60. The van der Waals surface area contributed by atoms with Gasteiger partial charge in [0.25, 0.3) is 0 Å². The molecule has 0 atom stereocenters. The van der Waals surface area contributed by atoms with Crippen molar-refractivity contribution in [2.75, 3.05) is 13.1 Å². The number of amides is 1. The number of aromatic carboxylic acids is 1. The number of aryl methyl sites for hydroxylation is 1. The van der Waals surface area contributed by atoms with Crippen LogP contribution in [0.2, 0.25) is 0 Å². The summed E-state index contributed by atoms with van der Waals surface area (Å²) in [5.74, 6) is -0.869. The number of ether oxygens (including phenoxy) is 1. The molecule has 1 aliphatic rings. The summed E-state index contributed by atoms with van der Waals surface area (Å²) in [4.78, 5) is 25.6. The maximum Gasteiger partial charge on any atom is 0.335 e. The van der Waals surface area contributed by atoms with E-state index < -0.39 is 5.97 Å². The molecule has 142 valence electrons. The van der Waals surface area contributed by atoms with Gasteiger partial charge in [-0.2, -0.15) is 0 Å².